The van der Waals surface area contributed by atoms with Crippen LogP contribution in [0, 0.1) is 0 Å². The van der Waals surface area contributed by atoms with Gasteiger partial charge in [0.05, 0.1) is 6.20 Å². The molecule has 0 saturated heterocycles. The average Bonchev–Trinajstić information content (AvgIpc) is 2.48. The van der Waals surface area contributed by atoms with Gasteiger partial charge in [0, 0.05) is 43.0 Å². The van der Waals surface area contributed by atoms with E-state index >= 15 is 0 Å². The van der Waals surface area contributed by atoms with Gasteiger partial charge in [-0.3, -0.25) is 9.69 Å². The molecule has 0 spiro atoms. The van der Waals surface area contributed by atoms with Crippen LogP contribution >= 0.6 is 11.6 Å². The van der Waals surface area contributed by atoms with Crippen LogP contribution in [-0.4, -0.2) is 27.7 Å². The summed E-state index contributed by atoms with van der Waals surface area (Å²) in [7, 11) is 0. The summed E-state index contributed by atoms with van der Waals surface area (Å²) in [4.78, 5) is 13.8. The molecule has 0 amide bonds. The van der Waals surface area contributed by atoms with Gasteiger partial charge in [0.15, 0.2) is 5.75 Å². The van der Waals surface area contributed by atoms with Crippen molar-refractivity contribution in [1.82, 2.24) is 9.47 Å². The molecule has 1 aromatic heterocycles. The highest BCUT2D eigenvalue weighted by Crippen LogP contribution is 2.15. The van der Waals surface area contributed by atoms with Crippen molar-refractivity contribution < 1.29 is 5.11 Å². The van der Waals surface area contributed by atoms with Crippen LogP contribution in [-0.2, 0) is 19.5 Å². The van der Waals surface area contributed by atoms with E-state index in [4.69, 9.17) is 11.6 Å². The Labute approximate surface area is 128 Å². The lowest BCUT2D eigenvalue weighted by Gasteiger charge is -2.30. The molecule has 2 aromatic rings. The second-order valence-electron chi connectivity index (χ2n) is 5.36. The van der Waals surface area contributed by atoms with Crippen LogP contribution in [0.2, 0.25) is 5.02 Å². The molecule has 1 aliphatic heterocycles. The molecule has 0 atom stereocenters. The molecule has 1 aromatic carbocycles. The molecule has 0 radical (unpaired) electrons. The number of benzene rings is 1. The minimum atomic E-state index is -0.305. The zero-order valence-corrected chi connectivity index (χ0v) is 12.4. The maximum absolute atomic E-state index is 11.5. The highest BCUT2D eigenvalue weighted by molar-refractivity contribution is 6.30. The van der Waals surface area contributed by atoms with Crippen molar-refractivity contribution in [3.8, 4) is 5.75 Å². The topological polar surface area (TPSA) is 45.5 Å². The molecule has 3 rings (SSSR count). The van der Waals surface area contributed by atoms with Gasteiger partial charge in [0.2, 0.25) is 5.43 Å². The number of rotatable bonds is 3. The van der Waals surface area contributed by atoms with Crippen LogP contribution in [0.25, 0.3) is 0 Å². The van der Waals surface area contributed by atoms with Crippen molar-refractivity contribution in [1.29, 1.82) is 0 Å². The van der Waals surface area contributed by atoms with Crippen molar-refractivity contribution in [2.24, 2.45) is 0 Å². The highest BCUT2D eigenvalue weighted by atomic mass is 35.5. The average molecular weight is 305 g/mol. The molecule has 1 aliphatic rings. The van der Waals surface area contributed by atoms with Gasteiger partial charge in [-0.15, -0.1) is 0 Å². The SMILES string of the molecule is O=c1cc2n(cc1O)CCN(CCc1ccc(Cl)cc1)C2. The minimum absolute atomic E-state index is 0.173. The Balaban J connectivity index is 1.65. The lowest BCUT2D eigenvalue weighted by atomic mass is 10.1. The molecular weight excluding hydrogens is 288 g/mol. The van der Waals surface area contributed by atoms with E-state index < -0.39 is 0 Å². The first-order valence-corrected chi connectivity index (χ1v) is 7.39. The fraction of sp³-hybridized carbons (Fsp3) is 0.312. The maximum atomic E-state index is 11.5. The normalized spacial score (nSPS) is 14.9. The van der Waals surface area contributed by atoms with Gasteiger partial charge in [-0.05, 0) is 24.1 Å². The van der Waals surface area contributed by atoms with E-state index in [9.17, 15) is 9.90 Å². The lowest BCUT2D eigenvalue weighted by molar-refractivity contribution is 0.220. The lowest BCUT2D eigenvalue weighted by Crippen LogP contribution is -2.36. The number of nitrogens with zero attached hydrogens (tertiary/aromatic N) is 2. The molecule has 110 valence electrons. The summed E-state index contributed by atoms with van der Waals surface area (Å²) in [6.07, 6.45) is 2.49. The molecule has 1 N–H and O–H groups in total. The summed E-state index contributed by atoms with van der Waals surface area (Å²) in [6, 6.07) is 9.44. The van der Waals surface area contributed by atoms with Gasteiger partial charge >= 0.3 is 0 Å². The fourth-order valence-electron chi connectivity index (χ4n) is 2.63. The first kappa shape index (κ1) is 14.2. The molecule has 0 fully saturated rings. The van der Waals surface area contributed by atoms with E-state index in [-0.39, 0.29) is 11.2 Å². The third-order valence-electron chi connectivity index (χ3n) is 3.87. The van der Waals surface area contributed by atoms with Crippen LogP contribution in [0.3, 0.4) is 0 Å². The van der Waals surface area contributed by atoms with Gasteiger partial charge in [-0.2, -0.15) is 0 Å². The van der Waals surface area contributed by atoms with Gasteiger partial charge in [-0.25, -0.2) is 0 Å². The van der Waals surface area contributed by atoms with Crippen LogP contribution < -0.4 is 5.43 Å². The first-order chi connectivity index (χ1) is 10.1. The van der Waals surface area contributed by atoms with E-state index in [1.165, 1.54) is 17.8 Å². The van der Waals surface area contributed by atoms with Crippen molar-refractivity contribution in [2.45, 2.75) is 19.5 Å². The number of hydrogen-bond acceptors (Lipinski definition) is 3. The van der Waals surface area contributed by atoms with E-state index in [1.807, 2.05) is 28.8 Å². The first-order valence-electron chi connectivity index (χ1n) is 7.01. The highest BCUT2D eigenvalue weighted by Gasteiger charge is 2.16. The van der Waals surface area contributed by atoms with Gasteiger partial charge in [0.25, 0.3) is 0 Å². The third kappa shape index (κ3) is 3.28. The number of aromatic nitrogens is 1. The standard InChI is InChI=1S/C16H17ClN2O2/c17-13-3-1-12(2-4-13)5-6-18-7-8-19-11-16(21)15(20)9-14(19)10-18/h1-4,9,11,21H,5-8,10H2. The zero-order chi connectivity index (χ0) is 14.8. The van der Waals surface area contributed by atoms with Crippen molar-refractivity contribution >= 4 is 11.6 Å². The Morgan fingerprint density at radius 2 is 1.95 bits per heavy atom. The number of aromatic hydroxyl groups is 1. The van der Waals surface area contributed by atoms with Crippen molar-refractivity contribution in [3.05, 3.63) is 63.0 Å². The number of fused-ring (bicyclic) bond motifs is 1. The quantitative estimate of drug-likeness (QED) is 0.946. The Hall–Kier alpha value is -1.78. The van der Waals surface area contributed by atoms with E-state index in [1.54, 1.807) is 0 Å². The van der Waals surface area contributed by atoms with Crippen LogP contribution in [0.1, 0.15) is 11.3 Å². The minimum Gasteiger partial charge on any atom is -0.503 e. The van der Waals surface area contributed by atoms with E-state index in [0.29, 0.717) is 0 Å². The van der Waals surface area contributed by atoms with Crippen LogP contribution in [0.5, 0.6) is 5.75 Å². The number of halogens is 1. The van der Waals surface area contributed by atoms with Gasteiger partial charge in [0.1, 0.15) is 0 Å². The summed E-state index contributed by atoms with van der Waals surface area (Å²) in [5, 5.41) is 10.2. The summed E-state index contributed by atoms with van der Waals surface area (Å²) in [6.45, 7) is 3.40. The summed E-state index contributed by atoms with van der Waals surface area (Å²) >= 11 is 5.88. The Morgan fingerprint density at radius 3 is 2.71 bits per heavy atom. The second kappa shape index (κ2) is 5.92. The van der Waals surface area contributed by atoms with Crippen molar-refractivity contribution in [2.75, 3.05) is 13.1 Å². The van der Waals surface area contributed by atoms with Crippen molar-refractivity contribution in [3.63, 3.8) is 0 Å². The molecule has 5 heteroatoms. The maximum Gasteiger partial charge on any atom is 0.223 e. The molecule has 0 bridgehead atoms. The number of hydrogen-bond donors (Lipinski definition) is 1. The molecule has 2 heterocycles. The second-order valence-corrected chi connectivity index (χ2v) is 5.80. The van der Waals surface area contributed by atoms with E-state index in [2.05, 4.69) is 4.90 Å². The Morgan fingerprint density at radius 1 is 1.19 bits per heavy atom. The summed E-state index contributed by atoms with van der Waals surface area (Å²) in [5.41, 5.74) is 1.91. The largest absolute Gasteiger partial charge is 0.503 e. The van der Waals surface area contributed by atoms with Crippen LogP contribution in [0.15, 0.2) is 41.3 Å². The third-order valence-corrected chi connectivity index (χ3v) is 4.12. The molecule has 21 heavy (non-hydrogen) atoms. The monoisotopic (exact) mass is 304 g/mol. The molecule has 0 aliphatic carbocycles. The molecule has 4 nitrogen and oxygen atoms in total. The Bertz CT molecular complexity index is 694. The van der Waals surface area contributed by atoms with Crippen LogP contribution in [0.4, 0.5) is 0 Å². The smallest absolute Gasteiger partial charge is 0.223 e. The zero-order valence-electron chi connectivity index (χ0n) is 11.6. The van der Waals surface area contributed by atoms with Gasteiger partial charge in [-0.1, -0.05) is 23.7 Å². The summed E-state index contributed by atoms with van der Waals surface area (Å²) in [5.74, 6) is -0.173. The fourth-order valence-corrected chi connectivity index (χ4v) is 2.76. The predicted molar refractivity (Wildman–Crippen MR) is 82.8 cm³/mol. The summed E-state index contributed by atoms with van der Waals surface area (Å²) < 4.78 is 1.95. The molecule has 0 saturated carbocycles. The Kier molecular flexibility index (Phi) is 3.99. The van der Waals surface area contributed by atoms with E-state index in [0.717, 1.165) is 43.3 Å². The molecule has 0 unspecified atom stereocenters. The predicted octanol–water partition coefficient (Wildman–Crippen LogP) is 2.27. The molecular formula is C16H17ClN2O2. The number of pyridine rings is 1. The van der Waals surface area contributed by atoms with Gasteiger partial charge < -0.3 is 9.67 Å².